The van der Waals surface area contributed by atoms with E-state index in [2.05, 4.69) is 38.4 Å². The number of amides is 1. The molecule has 0 aliphatic carbocycles. The Hall–Kier alpha value is -4.86. The Kier molecular flexibility index (Phi) is 8.22. The number of hydrogen-bond donors (Lipinski definition) is 1. The van der Waals surface area contributed by atoms with Gasteiger partial charge in [0.1, 0.15) is 22.7 Å². The third-order valence-corrected chi connectivity index (χ3v) is 7.85. The molecule has 0 radical (unpaired) electrons. The molecule has 46 heavy (non-hydrogen) atoms. The van der Waals surface area contributed by atoms with Gasteiger partial charge in [-0.15, -0.1) is 0 Å². The summed E-state index contributed by atoms with van der Waals surface area (Å²) in [4.78, 5) is 24.0. The van der Waals surface area contributed by atoms with E-state index in [1.165, 1.54) is 0 Å². The van der Waals surface area contributed by atoms with Crippen LogP contribution in [0.3, 0.4) is 0 Å². The third kappa shape index (κ3) is 7.01. The van der Waals surface area contributed by atoms with E-state index in [4.69, 9.17) is 29.0 Å². The van der Waals surface area contributed by atoms with Crippen molar-refractivity contribution in [2.45, 2.75) is 71.6 Å². The second-order valence-electron chi connectivity index (χ2n) is 13.8. The van der Waals surface area contributed by atoms with Crippen molar-refractivity contribution in [1.29, 1.82) is 0 Å². The number of likely N-dealkylation sites (tertiary alicyclic amines) is 1. The summed E-state index contributed by atoms with van der Waals surface area (Å²) in [6.45, 7) is 13.2. The van der Waals surface area contributed by atoms with Crippen molar-refractivity contribution in [1.82, 2.24) is 24.6 Å². The van der Waals surface area contributed by atoms with Gasteiger partial charge in [-0.05, 0) is 95.8 Å². The lowest BCUT2D eigenvalue weighted by atomic mass is 10.0. The molecule has 4 heterocycles. The Morgan fingerprint density at radius 2 is 1.63 bits per heavy atom. The first-order chi connectivity index (χ1) is 21.8. The largest absolute Gasteiger partial charge is 0.497 e. The van der Waals surface area contributed by atoms with Gasteiger partial charge in [-0.2, -0.15) is 5.10 Å². The Morgan fingerprint density at radius 1 is 0.913 bits per heavy atom. The fourth-order valence-corrected chi connectivity index (χ4v) is 5.57. The van der Waals surface area contributed by atoms with Gasteiger partial charge in [0.15, 0.2) is 5.58 Å². The highest BCUT2D eigenvalue weighted by atomic mass is 16.6. The average Bonchev–Trinajstić information content (AvgIpc) is 3.67. The first-order valence-electron chi connectivity index (χ1n) is 15.7. The fraction of sp³-hybridized carbons (Fsp3) is 0.389. The van der Waals surface area contributed by atoms with Crippen molar-refractivity contribution in [2.24, 2.45) is 0 Å². The molecule has 1 fully saturated rings. The summed E-state index contributed by atoms with van der Waals surface area (Å²) in [6.07, 6.45) is 7.13. The monoisotopic (exact) mass is 622 g/mol. The number of rotatable bonds is 6. The van der Waals surface area contributed by atoms with Crippen LogP contribution in [0.4, 0.5) is 10.6 Å². The molecule has 1 N–H and O–H groups in total. The topological polar surface area (TPSA) is 108 Å². The molecule has 6 rings (SSSR count). The van der Waals surface area contributed by atoms with Gasteiger partial charge < -0.3 is 24.1 Å². The van der Waals surface area contributed by atoms with Crippen molar-refractivity contribution in [3.05, 3.63) is 67.1 Å². The van der Waals surface area contributed by atoms with Crippen LogP contribution in [0.5, 0.6) is 5.75 Å². The third-order valence-electron chi connectivity index (χ3n) is 7.85. The number of nitrogens with zero attached hydrogens (tertiary/aromatic N) is 5. The maximum Gasteiger partial charge on any atom is 0.410 e. The molecular weight excluding hydrogens is 580 g/mol. The van der Waals surface area contributed by atoms with E-state index in [1.807, 2.05) is 80.3 Å². The summed E-state index contributed by atoms with van der Waals surface area (Å²) in [6, 6.07) is 16.2. The molecule has 240 valence electrons. The second-order valence-corrected chi connectivity index (χ2v) is 13.8. The molecule has 1 aliphatic rings. The maximum absolute atomic E-state index is 12.5. The van der Waals surface area contributed by atoms with E-state index in [1.54, 1.807) is 12.0 Å². The summed E-state index contributed by atoms with van der Waals surface area (Å²) >= 11 is 0. The van der Waals surface area contributed by atoms with Crippen LogP contribution in [0.15, 0.2) is 71.5 Å². The van der Waals surface area contributed by atoms with Crippen LogP contribution >= 0.6 is 0 Å². The van der Waals surface area contributed by atoms with Crippen molar-refractivity contribution >= 4 is 23.0 Å². The lowest BCUT2D eigenvalue weighted by Crippen LogP contribution is -2.42. The van der Waals surface area contributed by atoms with Crippen LogP contribution in [-0.4, -0.2) is 62.1 Å². The number of pyridine rings is 1. The Labute approximate surface area is 269 Å². The van der Waals surface area contributed by atoms with Crippen molar-refractivity contribution in [3.63, 3.8) is 0 Å². The van der Waals surface area contributed by atoms with Crippen LogP contribution in [0, 0.1) is 0 Å². The first-order valence-corrected chi connectivity index (χ1v) is 15.7. The molecule has 0 spiro atoms. The minimum atomic E-state index is -0.506. The zero-order valence-corrected chi connectivity index (χ0v) is 27.6. The Bertz CT molecular complexity index is 1840. The number of anilines is 1. The first kappa shape index (κ1) is 31.1. The highest BCUT2D eigenvalue weighted by Crippen LogP contribution is 2.36. The van der Waals surface area contributed by atoms with E-state index in [-0.39, 0.29) is 17.7 Å². The number of piperidine rings is 1. The maximum atomic E-state index is 12.5. The number of nitrogens with one attached hydrogen (secondary N) is 1. The van der Waals surface area contributed by atoms with E-state index in [9.17, 15) is 4.79 Å². The molecule has 0 saturated carbocycles. The smallest absolute Gasteiger partial charge is 0.410 e. The number of fused-ring (bicyclic) bond motifs is 1. The summed E-state index contributed by atoms with van der Waals surface area (Å²) < 4.78 is 19.3. The van der Waals surface area contributed by atoms with Crippen LogP contribution in [0.25, 0.3) is 44.8 Å². The summed E-state index contributed by atoms with van der Waals surface area (Å²) in [7, 11) is 1.66. The van der Waals surface area contributed by atoms with Crippen molar-refractivity contribution in [3.8, 4) is 39.5 Å². The fourth-order valence-electron chi connectivity index (χ4n) is 5.57. The lowest BCUT2D eigenvalue weighted by Gasteiger charge is -2.33. The number of aromatic nitrogens is 4. The number of carbonyl (C=O) groups is 1. The minimum absolute atomic E-state index is 0.193. The SMILES string of the molecule is COc1ccc(-c2ccc3nc(-c4cc(-c5cnn(C6CCN(C(=O)OC(C)(C)C)CC6)c5)cnc4NC(C)(C)C)oc3c2)cc1. The van der Waals surface area contributed by atoms with E-state index in [0.29, 0.717) is 30.4 Å². The molecule has 2 aromatic carbocycles. The van der Waals surface area contributed by atoms with E-state index in [0.717, 1.165) is 51.9 Å². The molecule has 0 bridgehead atoms. The molecule has 5 aromatic rings. The standard InChI is InChI=1S/C36H42N6O4/c1-35(2,3)40-32-29(33-39-30-13-10-24(19-31(30)45-33)23-8-11-28(44-7)12-9-23)18-25(20-37-32)26-21-38-42(22-26)27-14-16-41(17-15-27)34(43)46-36(4,5)6/h8-13,18-22,27H,14-17H2,1-7H3,(H,37,40). The van der Waals surface area contributed by atoms with Gasteiger partial charge in [0, 0.05) is 42.1 Å². The highest BCUT2D eigenvalue weighted by Gasteiger charge is 2.28. The van der Waals surface area contributed by atoms with Crippen LogP contribution in [-0.2, 0) is 4.74 Å². The molecule has 10 heteroatoms. The lowest BCUT2D eigenvalue weighted by molar-refractivity contribution is 0.0184. The van der Waals surface area contributed by atoms with Crippen LogP contribution in [0.2, 0.25) is 0 Å². The van der Waals surface area contributed by atoms with E-state index < -0.39 is 5.60 Å². The zero-order chi connectivity index (χ0) is 32.6. The molecule has 0 atom stereocenters. The van der Waals surface area contributed by atoms with Crippen LogP contribution < -0.4 is 10.1 Å². The average molecular weight is 623 g/mol. The molecule has 0 unspecified atom stereocenters. The Balaban J connectivity index is 1.26. The van der Waals surface area contributed by atoms with Gasteiger partial charge in [0.2, 0.25) is 5.89 Å². The number of hydrogen-bond acceptors (Lipinski definition) is 8. The number of carbonyl (C=O) groups excluding carboxylic acids is 1. The van der Waals surface area contributed by atoms with Crippen molar-refractivity contribution in [2.75, 3.05) is 25.5 Å². The predicted octanol–water partition coefficient (Wildman–Crippen LogP) is 8.21. The highest BCUT2D eigenvalue weighted by molar-refractivity contribution is 5.85. The number of benzene rings is 2. The molecule has 1 saturated heterocycles. The summed E-state index contributed by atoms with van der Waals surface area (Å²) in [5, 5.41) is 8.22. The van der Waals surface area contributed by atoms with Crippen molar-refractivity contribution < 1.29 is 18.7 Å². The van der Waals surface area contributed by atoms with Gasteiger partial charge in [-0.25, -0.2) is 14.8 Å². The van der Waals surface area contributed by atoms with Gasteiger partial charge in [-0.3, -0.25) is 4.68 Å². The molecular formula is C36H42N6O4. The van der Waals surface area contributed by atoms with Gasteiger partial charge in [0.25, 0.3) is 0 Å². The van der Waals surface area contributed by atoms with Gasteiger partial charge in [0.05, 0.1) is 24.9 Å². The number of methoxy groups -OCH3 is 1. The summed E-state index contributed by atoms with van der Waals surface area (Å²) in [5.41, 5.74) is 5.45. The van der Waals surface area contributed by atoms with Gasteiger partial charge in [-0.1, -0.05) is 18.2 Å². The quantitative estimate of drug-likeness (QED) is 0.202. The molecule has 1 aliphatic heterocycles. The second kappa shape index (κ2) is 12.2. The number of ether oxygens (including phenoxy) is 2. The molecule has 1 amide bonds. The van der Waals surface area contributed by atoms with Crippen LogP contribution in [0.1, 0.15) is 60.4 Å². The molecule has 3 aromatic heterocycles. The normalized spacial score (nSPS) is 14.5. The minimum Gasteiger partial charge on any atom is -0.497 e. The van der Waals surface area contributed by atoms with Gasteiger partial charge >= 0.3 is 6.09 Å². The molecule has 10 nitrogen and oxygen atoms in total. The predicted molar refractivity (Wildman–Crippen MR) is 180 cm³/mol. The number of oxazole rings is 1. The van der Waals surface area contributed by atoms with E-state index >= 15 is 0 Å². The summed E-state index contributed by atoms with van der Waals surface area (Å²) in [5.74, 6) is 2.00. The Morgan fingerprint density at radius 3 is 2.30 bits per heavy atom. The zero-order valence-electron chi connectivity index (χ0n) is 27.6.